The SMILES string of the molecule is CO[C@@H]([C@H](CC=C(Br)Br)CCO)[C@@H](O[Si](C)(C)C(C)(C)C)[C@H]1OC(C)(C)O[C@@H]1C. The van der Waals surface area contributed by atoms with Crippen LogP contribution in [0.25, 0.3) is 0 Å². The molecule has 0 saturated carbocycles. The number of hydrogen-bond donors (Lipinski definition) is 1. The molecule has 1 aliphatic heterocycles. The van der Waals surface area contributed by atoms with E-state index in [4.69, 9.17) is 18.6 Å². The molecular weight excluding hydrogens is 520 g/mol. The van der Waals surface area contributed by atoms with E-state index in [1.807, 2.05) is 20.8 Å². The molecule has 0 aliphatic carbocycles. The quantitative estimate of drug-likeness (QED) is 0.335. The Morgan fingerprint density at radius 1 is 1.24 bits per heavy atom. The van der Waals surface area contributed by atoms with Crippen LogP contribution in [-0.4, -0.2) is 57.3 Å². The summed E-state index contributed by atoms with van der Waals surface area (Å²) in [7, 11) is -0.398. The van der Waals surface area contributed by atoms with E-state index in [-0.39, 0.29) is 42.0 Å². The van der Waals surface area contributed by atoms with E-state index < -0.39 is 14.1 Å². The lowest BCUT2D eigenvalue weighted by Crippen LogP contribution is -2.55. The summed E-state index contributed by atoms with van der Waals surface area (Å²) in [5, 5.41) is 9.75. The van der Waals surface area contributed by atoms with Crippen LogP contribution in [0.1, 0.15) is 54.4 Å². The fraction of sp³-hybridized carbons (Fsp3) is 0.905. The van der Waals surface area contributed by atoms with Gasteiger partial charge < -0.3 is 23.7 Å². The molecule has 29 heavy (non-hydrogen) atoms. The zero-order chi connectivity index (χ0) is 22.6. The Labute approximate surface area is 195 Å². The highest BCUT2D eigenvalue weighted by Crippen LogP contribution is 2.42. The van der Waals surface area contributed by atoms with Gasteiger partial charge in [-0.05, 0) is 89.5 Å². The second-order valence-corrected chi connectivity index (χ2v) is 17.4. The molecule has 0 bridgehead atoms. The fourth-order valence-electron chi connectivity index (χ4n) is 3.56. The number of allylic oxidation sites excluding steroid dienone is 1. The Morgan fingerprint density at radius 2 is 1.83 bits per heavy atom. The highest BCUT2D eigenvalue weighted by molar-refractivity contribution is 9.28. The molecule has 0 aromatic carbocycles. The van der Waals surface area contributed by atoms with Gasteiger partial charge in [-0.2, -0.15) is 0 Å². The largest absolute Gasteiger partial charge is 0.409 e. The average Bonchev–Trinajstić information content (AvgIpc) is 2.83. The molecule has 0 spiro atoms. The third-order valence-electron chi connectivity index (χ3n) is 6.05. The smallest absolute Gasteiger partial charge is 0.192 e. The van der Waals surface area contributed by atoms with Crippen LogP contribution in [0.2, 0.25) is 18.1 Å². The summed E-state index contributed by atoms with van der Waals surface area (Å²) in [5.41, 5.74) is 0. The van der Waals surface area contributed by atoms with Crippen molar-refractivity contribution in [2.45, 2.75) is 103 Å². The molecule has 0 radical (unpaired) electrons. The minimum atomic E-state index is -2.12. The van der Waals surface area contributed by atoms with Crippen molar-refractivity contribution in [1.29, 1.82) is 0 Å². The first-order chi connectivity index (χ1) is 13.1. The van der Waals surface area contributed by atoms with E-state index in [2.05, 4.69) is 71.8 Å². The van der Waals surface area contributed by atoms with Crippen molar-refractivity contribution in [2.75, 3.05) is 13.7 Å². The van der Waals surface area contributed by atoms with Crippen molar-refractivity contribution in [2.24, 2.45) is 5.92 Å². The van der Waals surface area contributed by atoms with Gasteiger partial charge in [-0.3, -0.25) is 0 Å². The van der Waals surface area contributed by atoms with Crippen LogP contribution in [0.15, 0.2) is 9.47 Å². The molecule has 1 aliphatic rings. The van der Waals surface area contributed by atoms with Crippen molar-refractivity contribution in [1.82, 2.24) is 0 Å². The topological polar surface area (TPSA) is 57.2 Å². The van der Waals surface area contributed by atoms with Crippen molar-refractivity contribution in [3.05, 3.63) is 9.47 Å². The first-order valence-electron chi connectivity index (χ1n) is 10.3. The molecule has 1 heterocycles. The van der Waals surface area contributed by atoms with E-state index in [0.717, 1.165) is 9.81 Å². The molecule has 0 unspecified atom stereocenters. The summed E-state index contributed by atoms with van der Waals surface area (Å²) < 4.78 is 26.2. The Morgan fingerprint density at radius 3 is 2.21 bits per heavy atom. The van der Waals surface area contributed by atoms with Crippen LogP contribution >= 0.6 is 31.9 Å². The zero-order valence-corrected chi connectivity index (χ0v) is 23.6. The molecule has 1 saturated heterocycles. The van der Waals surface area contributed by atoms with E-state index in [0.29, 0.717) is 6.42 Å². The van der Waals surface area contributed by atoms with Gasteiger partial charge in [-0.1, -0.05) is 26.8 Å². The molecule has 5 atom stereocenters. The van der Waals surface area contributed by atoms with Crippen molar-refractivity contribution < 1.29 is 23.7 Å². The van der Waals surface area contributed by atoms with Gasteiger partial charge in [0.15, 0.2) is 14.1 Å². The maximum Gasteiger partial charge on any atom is 0.192 e. The van der Waals surface area contributed by atoms with E-state index in [1.165, 1.54) is 0 Å². The predicted molar refractivity (Wildman–Crippen MR) is 128 cm³/mol. The second kappa shape index (κ2) is 11.0. The minimum Gasteiger partial charge on any atom is -0.409 e. The van der Waals surface area contributed by atoms with Gasteiger partial charge in [0.25, 0.3) is 0 Å². The molecule has 8 heteroatoms. The first-order valence-corrected chi connectivity index (χ1v) is 14.8. The summed E-state index contributed by atoms with van der Waals surface area (Å²) in [6.07, 6.45) is 2.51. The standard InChI is InChI=1S/C21H40Br2O5Si/c1-14-17(27-21(5,6)26-14)19(28-29(8,9)20(2,3)4)18(25-7)15(12-13-24)10-11-16(22)23/h11,14-15,17-19,24H,10,12-13H2,1-9H3/t14-,15-,17+,18+,19+/m1/s1. The summed E-state index contributed by atoms with van der Waals surface area (Å²) in [6, 6.07) is 0. The van der Waals surface area contributed by atoms with Crippen LogP contribution < -0.4 is 0 Å². The Kier molecular flexibility index (Phi) is 10.6. The number of aliphatic hydroxyl groups excluding tert-OH is 1. The Balaban J connectivity index is 3.33. The Hall–Kier alpha value is 0.717. The van der Waals surface area contributed by atoms with Crippen molar-refractivity contribution in [3.63, 3.8) is 0 Å². The summed E-state index contributed by atoms with van der Waals surface area (Å²) in [6.45, 7) is 17.2. The molecular formula is C21H40Br2O5Si. The normalized spacial score (nSPS) is 25.5. The van der Waals surface area contributed by atoms with Crippen LogP contribution in [0.5, 0.6) is 0 Å². The molecule has 0 amide bonds. The molecule has 1 N–H and O–H groups in total. The Bertz CT molecular complexity index is 544. The number of hydrogen-bond acceptors (Lipinski definition) is 5. The molecule has 172 valence electrons. The lowest BCUT2D eigenvalue weighted by molar-refractivity contribution is -0.166. The maximum atomic E-state index is 9.70. The van der Waals surface area contributed by atoms with Crippen LogP contribution in [-0.2, 0) is 18.6 Å². The molecule has 0 aromatic rings. The monoisotopic (exact) mass is 558 g/mol. The number of ether oxygens (including phenoxy) is 3. The third-order valence-corrected chi connectivity index (χ3v) is 11.2. The molecule has 1 rings (SSSR count). The number of methoxy groups -OCH3 is 1. The van der Waals surface area contributed by atoms with Crippen molar-refractivity contribution in [3.8, 4) is 0 Å². The lowest BCUT2D eigenvalue weighted by Gasteiger charge is -2.44. The van der Waals surface area contributed by atoms with Gasteiger partial charge in [-0.25, -0.2) is 0 Å². The highest BCUT2D eigenvalue weighted by atomic mass is 79.9. The van der Waals surface area contributed by atoms with Gasteiger partial charge in [0.1, 0.15) is 12.2 Å². The predicted octanol–water partition coefficient (Wildman–Crippen LogP) is 5.95. The second-order valence-electron chi connectivity index (χ2n) is 9.85. The van der Waals surface area contributed by atoms with Gasteiger partial charge in [0.05, 0.1) is 15.6 Å². The summed E-state index contributed by atoms with van der Waals surface area (Å²) in [4.78, 5) is 0. The minimum absolute atomic E-state index is 0.0486. The number of rotatable bonds is 10. The van der Waals surface area contributed by atoms with Crippen LogP contribution in [0.4, 0.5) is 0 Å². The first kappa shape index (κ1) is 27.8. The van der Waals surface area contributed by atoms with Gasteiger partial charge in [-0.15, -0.1) is 0 Å². The van der Waals surface area contributed by atoms with Gasteiger partial charge in [0.2, 0.25) is 0 Å². The zero-order valence-electron chi connectivity index (χ0n) is 19.4. The summed E-state index contributed by atoms with van der Waals surface area (Å²) >= 11 is 6.87. The van der Waals surface area contributed by atoms with E-state index in [9.17, 15) is 5.11 Å². The summed E-state index contributed by atoms with van der Waals surface area (Å²) in [5.74, 6) is -0.591. The van der Waals surface area contributed by atoms with Gasteiger partial charge in [0, 0.05) is 13.7 Å². The van der Waals surface area contributed by atoms with Crippen LogP contribution in [0.3, 0.4) is 0 Å². The number of aliphatic hydroxyl groups is 1. The van der Waals surface area contributed by atoms with Crippen LogP contribution in [0, 0.1) is 5.92 Å². The number of halogens is 2. The van der Waals surface area contributed by atoms with Gasteiger partial charge >= 0.3 is 0 Å². The average molecular weight is 560 g/mol. The van der Waals surface area contributed by atoms with E-state index in [1.54, 1.807) is 7.11 Å². The maximum absolute atomic E-state index is 9.70. The third kappa shape index (κ3) is 7.97. The van der Waals surface area contributed by atoms with Crippen molar-refractivity contribution >= 4 is 40.2 Å². The molecule has 0 aromatic heterocycles. The fourth-order valence-corrected chi connectivity index (χ4v) is 5.23. The lowest BCUT2D eigenvalue weighted by atomic mass is 9.88. The molecule has 5 nitrogen and oxygen atoms in total. The molecule has 1 fully saturated rings. The van der Waals surface area contributed by atoms with E-state index >= 15 is 0 Å². The highest BCUT2D eigenvalue weighted by Gasteiger charge is 2.51.